The van der Waals surface area contributed by atoms with E-state index in [1.165, 1.54) is 0 Å². The van der Waals surface area contributed by atoms with Crippen molar-refractivity contribution < 1.29 is 19.8 Å². The van der Waals surface area contributed by atoms with Crippen LogP contribution in [0.25, 0.3) is 0 Å². The minimum absolute atomic E-state index is 0.0628. The van der Waals surface area contributed by atoms with E-state index in [9.17, 15) is 14.7 Å². The average Bonchev–Trinajstić information content (AvgIpc) is 2.53. The number of likely N-dealkylation sites (tertiary alicyclic amines) is 2. The molecule has 1 atom stereocenters. The second-order valence-electron chi connectivity index (χ2n) is 6.47. The van der Waals surface area contributed by atoms with Crippen molar-refractivity contribution in [3.63, 3.8) is 0 Å². The molecule has 126 valence electrons. The molecule has 0 aromatic heterocycles. The molecule has 2 aliphatic heterocycles. The van der Waals surface area contributed by atoms with Crippen molar-refractivity contribution in [2.24, 2.45) is 0 Å². The Balaban J connectivity index is 1.89. The van der Waals surface area contributed by atoms with Gasteiger partial charge in [0.15, 0.2) is 0 Å². The fraction of sp³-hybridized carbons (Fsp3) is 0.875. The van der Waals surface area contributed by atoms with Gasteiger partial charge in [0.05, 0.1) is 0 Å². The SMILES string of the molecule is O=C1CCN(CCC(O)(CCCO)N2CCC(=O)CC2)CC1. The number of carbonyl (C=O) groups excluding carboxylic acids is 2. The molecule has 0 saturated carbocycles. The summed E-state index contributed by atoms with van der Waals surface area (Å²) in [5.41, 5.74) is -0.953. The Kier molecular flexibility index (Phi) is 6.50. The maximum Gasteiger partial charge on any atom is 0.135 e. The molecule has 0 spiro atoms. The first-order valence-corrected chi connectivity index (χ1v) is 8.37. The van der Waals surface area contributed by atoms with Crippen molar-refractivity contribution in [3.8, 4) is 0 Å². The molecule has 2 aliphatic rings. The predicted molar refractivity (Wildman–Crippen MR) is 82.4 cm³/mol. The van der Waals surface area contributed by atoms with E-state index < -0.39 is 5.72 Å². The van der Waals surface area contributed by atoms with E-state index >= 15 is 0 Å². The molecule has 0 aromatic rings. The molecule has 2 fully saturated rings. The summed E-state index contributed by atoms with van der Waals surface area (Å²) in [6.07, 6.45) is 3.87. The Morgan fingerprint density at radius 3 is 2.00 bits per heavy atom. The standard InChI is InChI=1S/C16H28N2O4/c19-13-1-6-16(22,18-10-4-15(21)5-11-18)7-12-17-8-2-14(20)3-9-17/h19,22H,1-13H2. The van der Waals surface area contributed by atoms with Crippen LogP contribution in [0.3, 0.4) is 0 Å². The Morgan fingerprint density at radius 1 is 0.909 bits per heavy atom. The van der Waals surface area contributed by atoms with E-state index in [-0.39, 0.29) is 12.4 Å². The van der Waals surface area contributed by atoms with Gasteiger partial charge in [0, 0.05) is 71.4 Å². The van der Waals surface area contributed by atoms with Crippen molar-refractivity contribution in [1.82, 2.24) is 9.80 Å². The molecule has 22 heavy (non-hydrogen) atoms. The summed E-state index contributed by atoms with van der Waals surface area (Å²) in [5, 5.41) is 20.1. The topological polar surface area (TPSA) is 81.1 Å². The first-order valence-electron chi connectivity index (χ1n) is 8.37. The minimum Gasteiger partial charge on any atom is -0.396 e. The summed E-state index contributed by atoms with van der Waals surface area (Å²) >= 11 is 0. The van der Waals surface area contributed by atoms with E-state index in [0.717, 1.165) is 19.6 Å². The van der Waals surface area contributed by atoms with Gasteiger partial charge >= 0.3 is 0 Å². The van der Waals surface area contributed by atoms with Gasteiger partial charge in [0.1, 0.15) is 17.3 Å². The van der Waals surface area contributed by atoms with Gasteiger partial charge < -0.3 is 15.1 Å². The van der Waals surface area contributed by atoms with E-state index in [1.54, 1.807) is 0 Å². The Hall–Kier alpha value is -0.820. The summed E-state index contributed by atoms with van der Waals surface area (Å²) in [6.45, 7) is 3.55. The number of aliphatic hydroxyl groups excluding tert-OH is 1. The van der Waals surface area contributed by atoms with E-state index in [2.05, 4.69) is 4.90 Å². The first-order chi connectivity index (χ1) is 10.5. The number of ketones is 2. The molecule has 2 N–H and O–H groups in total. The highest BCUT2D eigenvalue weighted by Crippen LogP contribution is 2.26. The monoisotopic (exact) mass is 312 g/mol. The van der Waals surface area contributed by atoms with E-state index in [4.69, 9.17) is 5.11 Å². The number of nitrogens with zero attached hydrogens (tertiary/aromatic N) is 2. The molecular weight excluding hydrogens is 284 g/mol. The fourth-order valence-corrected chi connectivity index (χ4v) is 3.34. The molecular formula is C16H28N2O4. The van der Waals surface area contributed by atoms with Crippen LogP contribution in [0, 0.1) is 0 Å². The largest absolute Gasteiger partial charge is 0.396 e. The number of carbonyl (C=O) groups is 2. The lowest BCUT2D eigenvalue weighted by Gasteiger charge is -2.43. The third kappa shape index (κ3) is 4.84. The normalized spacial score (nSPS) is 24.5. The molecule has 2 saturated heterocycles. The van der Waals surface area contributed by atoms with Crippen LogP contribution in [0.4, 0.5) is 0 Å². The van der Waals surface area contributed by atoms with Crippen LogP contribution in [0.2, 0.25) is 0 Å². The van der Waals surface area contributed by atoms with Gasteiger partial charge in [0.2, 0.25) is 0 Å². The fourth-order valence-electron chi connectivity index (χ4n) is 3.34. The van der Waals surface area contributed by atoms with Gasteiger partial charge in [-0.2, -0.15) is 0 Å². The van der Waals surface area contributed by atoms with Crippen molar-refractivity contribution in [3.05, 3.63) is 0 Å². The molecule has 6 nitrogen and oxygen atoms in total. The van der Waals surface area contributed by atoms with Crippen LogP contribution < -0.4 is 0 Å². The number of Topliss-reactive ketones (excluding diaryl/α,β-unsaturated/α-hetero) is 2. The first kappa shape index (κ1) is 17.5. The lowest BCUT2D eigenvalue weighted by Crippen LogP contribution is -2.54. The summed E-state index contributed by atoms with van der Waals surface area (Å²) < 4.78 is 0. The van der Waals surface area contributed by atoms with Crippen molar-refractivity contribution >= 4 is 11.6 Å². The lowest BCUT2D eigenvalue weighted by atomic mass is 9.96. The number of rotatable bonds is 7. The van der Waals surface area contributed by atoms with Crippen LogP contribution in [0.5, 0.6) is 0 Å². The number of hydrogen-bond acceptors (Lipinski definition) is 6. The van der Waals surface area contributed by atoms with Crippen LogP contribution >= 0.6 is 0 Å². The second-order valence-corrected chi connectivity index (χ2v) is 6.47. The highest BCUT2D eigenvalue weighted by molar-refractivity contribution is 5.79. The number of aliphatic hydroxyl groups is 2. The predicted octanol–water partition coefficient (Wildman–Crippen LogP) is 0.167. The molecule has 0 aromatic carbocycles. The van der Waals surface area contributed by atoms with Crippen LogP contribution in [0.15, 0.2) is 0 Å². The molecule has 1 unspecified atom stereocenters. The summed E-state index contributed by atoms with van der Waals surface area (Å²) in [4.78, 5) is 26.9. The maximum absolute atomic E-state index is 11.4. The molecule has 0 bridgehead atoms. The van der Waals surface area contributed by atoms with Gasteiger partial charge in [-0.1, -0.05) is 0 Å². The quantitative estimate of drug-likeness (QED) is 0.697. The highest BCUT2D eigenvalue weighted by atomic mass is 16.3. The smallest absolute Gasteiger partial charge is 0.135 e. The number of piperidine rings is 2. The van der Waals surface area contributed by atoms with Crippen LogP contribution in [0.1, 0.15) is 44.9 Å². The zero-order chi connectivity index (χ0) is 16.0. The Labute approximate surface area is 132 Å². The number of hydrogen-bond donors (Lipinski definition) is 2. The van der Waals surface area contributed by atoms with Crippen molar-refractivity contribution in [2.45, 2.75) is 50.7 Å². The van der Waals surface area contributed by atoms with Gasteiger partial charge in [-0.15, -0.1) is 0 Å². The van der Waals surface area contributed by atoms with E-state index in [1.807, 2.05) is 4.90 Å². The van der Waals surface area contributed by atoms with Crippen LogP contribution in [-0.2, 0) is 9.59 Å². The molecule has 0 amide bonds. The molecule has 6 heteroatoms. The van der Waals surface area contributed by atoms with Crippen molar-refractivity contribution in [1.29, 1.82) is 0 Å². The average molecular weight is 312 g/mol. The summed E-state index contributed by atoms with van der Waals surface area (Å²) in [5.74, 6) is 0.580. The lowest BCUT2D eigenvalue weighted by molar-refractivity contribution is -0.144. The van der Waals surface area contributed by atoms with Gasteiger partial charge in [-0.25, -0.2) is 0 Å². The minimum atomic E-state index is -0.953. The van der Waals surface area contributed by atoms with Gasteiger partial charge in [0.25, 0.3) is 0 Å². The zero-order valence-corrected chi connectivity index (χ0v) is 13.3. The maximum atomic E-state index is 11.4. The van der Waals surface area contributed by atoms with Gasteiger partial charge in [-0.3, -0.25) is 14.5 Å². The molecule has 0 aliphatic carbocycles. The van der Waals surface area contributed by atoms with E-state index in [0.29, 0.717) is 63.8 Å². The zero-order valence-electron chi connectivity index (χ0n) is 13.3. The Bertz CT molecular complexity index is 382. The molecule has 0 radical (unpaired) electrons. The second kappa shape index (κ2) is 8.15. The van der Waals surface area contributed by atoms with Gasteiger partial charge in [-0.05, 0) is 12.8 Å². The third-order valence-electron chi connectivity index (χ3n) is 4.89. The summed E-state index contributed by atoms with van der Waals surface area (Å²) in [6, 6.07) is 0. The van der Waals surface area contributed by atoms with Crippen molar-refractivity contribution in [2.75, 3.05) is 39.3 Å². The molecule has 2 rings (SSSR count). The highest BCUT2D eigenvalue weighted by Gasteiger charge is 2.36. The summed E-state index contributed by atoms with van der Waals surface area (Å²) in [7, 11) is 0. The third-order valence-corrected chi connectivity index (χ3v) is 4.89. The molecule has 2 heterocycles. The Morgan fingerprint density at radius 2 is 1.45 bits per heavy atom. The van der Waals surface area contributed by atoms with Crippen LogP contribution in [-0.4, -0.2) is 76.6 Å².